The molecule has 0 bridgehead atoms. The van der Waals surface area contributed by atoms with Gasteiger partial charge in [-0.05, 0) is 85.0 Å². The number of carbonyl (C=O) groups is 3. The van der Waals surface area contributed by atoms with Crippen molar-refractivity contribution < 1.29 is 34.8 Å². The summed E-state index contributed by atoms with van der Waals surface area (Å²) in [6.07, 6.45) is 1.89. The molecule has 5 rings (SSSR count). The second-order valence-corrected chi connectivity index (χ2v) is 13.6. The molecule has 4 atom stereocenters. The predicted octanol–water partition coefficient (Wildman–Crippen LogP) is 2.32. The molecule has 1 heterocycles. The summed E-state index contributed by atoms with van der Waals surface area (Å²) >= 11 is 0. The number of likely N-dealkylation sites (N-methyl/N-ethyl adjacent to an activating group) is 1. The zero-order chi connectivity index (χ0) is 30.4. The van der Waals surface area contributed by atoms with E-state index in [9.17, 15) is 34.8 Å². The van der Waals surface area contributed by atoms with Crippen LogP contribution in [0.25, 0.3) is 5.76 Å². The number of benzene rings is 1. The lowest BCUT2D eigenvalue weighted by molar-refractivity contribution is -0.153. The fourth-order valence-electron chi connectivity index (χ4n) is 7.98. The molecule has 0 spiro atoms. The minimum atomic E-state index is -2.65. The number of ketones is 2. The zero-order valence-corrected chi connectivity index (χ0v) is 24.3. The highest BCUT2D eigenvalue weighted by molar-refractivity contribution is 6.24. The zero-order valence-electron chi connectivity index (χ0n) is 24.3. The van der Waals surface area contributed by atoms with Gasteiger partial charge >= 0.3 is 0 Å². The lowest BCUT2D eigenvalue weighted by Crippen LogP contribution is -2.65. The molecule has 1 aliphatic heterocycles. The van der Waals surface area contributed by atoms with E-state index in [1.807, 2.05) is 0 Å². The maximum Gasteiger partial charge on any atom is 0.255 e. The largest absolute Gasteiger partial charge is 0.508 e. The summed E-state index contributed by atoms with van der Waals surface area (Å²) in [6, 6.07) is 2.47. The Balaban J connectivity index is 0.00000405. The third-order valence-electron chi connectivity index (χ3n) is 9.14. The van der Waals surface area contributed by atoms with Gasteiger partial charge in [-0.25, -0.2) is 0 Å². The topological polar surface area (TPSA) is 185 Å². The fourth-order valence-corrected chi connectivity index (χ4v) is 7.98. The summed E-state index contributed by atoms with van der Waals surface area (Å²) in [5, 5.41) is 52.6. The van der Waals surface area contributed by atoms with Gasteiger partial charge in [0.05, 0.1) is 17.3 Å². The van der Waals surface area contributed by atoms with E-state index in [1.165, 1.54) is 4.90 Å². The van der Waals surface area contributed by atoms with Crippen LogP contribution in [0, 0.1) is 11.8 Å². The van der Waals surface area contributed by atoms with E-state index in [-0.39, 0.29) is 54.3 Å². The smallest absolute Gasteiger partial charge is 0.255 e. The van der Waals surface area contributed by atoms with Crippen molar-refractivity contribution in [3.8, 4) is 5.75 Å². The van der Waals surface area contributed by atoms with E-state index < -0.39 is 58.0 Å². The summed E-state index contributed by atoms with van der Waals surface area (Å²) in [6.45, 7) is 8.47. The number of rotatable bonds is 4. The molecular weight excluding hydrogens is 540 g/mol. The highest BCUT2D eigenvalue weighted by Gasteiger charge is 2.64. The third-order valence-corrected chi connectivity index (χ3v) is 9.14. The molecule has 0 unspecified atom stereocenters. The van der Waals surface area contributed by atoms with Crippen molar-refractivity contribution in [2.45, 2.75) is 89.6 Å². The van der Waals surface area contributed by atoms with Crippen LogP contribution < -0.4 is 16.4 Å². The summed E-state index contributed by atoms with van der Waals surface area (Å²) < 4.78 is 0. The number of phenolic OH excluding ortho intramolecular Hbond substituents is 1. The Hall–Kier alpha value is -3.41. The van der Waals surface area contributed by atoms with E-state index >= 15 is 0 Å². The highest BCUT2D eigenvalue weighted by atomic mass is 16.3. The number of nitrogens with two attached hydrogens (primary N) is 1. The first kappa shape index (κ1) is 31.5. The standard InChI is InChI=1S/C30H40N4O7.CH4/c1-28(2)11-15(12-29(3,4)33-28)32-17-8-7-13-9-14-10-16-21(34(5)6)24(37)20(27(31)40)26(39)30(16,41)25(38)19(14)23(36)18(13)22(17)35;/h7-8,14-16,21,32-33,35-36,39,41H,9-12H2,1-6H3,(H2,31,40);1H4/t14-,16-,21-,30-;/m0./s1. The molecule has 230 valence electrons. The van der Waals surface area contributed by atoms with Gasteiger partial charge in [-0.15, -0.1) is 0 Å². The number of amides is 1. The van der Waals surface area contributed by atoms with Crippen molar-refractivity contribution in [3.63, 3.8) is 0 Å². The lowest BCUT2D eigenvalue weighted by atomic mass is 9.57. The monoisotopic (exact) mass is 584 g/mol. The van der Waals surface area contributed by atoms with Crippen LogP contribution >= 0.6 is 0 Å². The molecule has 0 aromatic heterocycles. The second kappa shape index (κ2) is 10.1. The molecule has 1 amide bonds. The third kappa shape index (κ3) is 4.67. The number of nitrogens with one attached hydrogen (secondary N) is 2. The molecule has 11 nitrogen and oxygen atoms in total. The van der Waals surface area contributed by atoms with Crippen LogP contribution in [0.5, 0.6) is 5.75 Å². The van der Waals surface area contributed by atoms with E-state index in [2.05, 4.69) is 38.3 Å². The average molecular weight is 585 g/mol. The minimum Gasteiger partial charge on any atom is -0.508 e. The highest BCUT2D eigenvalue weighted by Crippen LogP contribution is 2.53. The first-order valence-corrected chi connectivity index (χ1v) is 13.9. The van der Waals surface area contributed by atoms with Gasteiger partial charge < -0.3 is 36.8 Å². The Bertz CT molecular complexity index is 1410. The number of phenols is 1. The molecule has 1 aromatic carbocycles. The van der Waals surface area contributed by atoms with Crippen molar-refractivity contribution in [2.75, 3.05) is 19.4 Å². The number of aliphatic hydroxyl groups is 3. The number of hydrogen-bond acceptors (Lipinski definition) is 10. The number of aliphatic hydroxyl groups excluding tert-OH is 2. The number of anilines is 1. The summed E-state index contributed by atoms with van der Waals surface area (Å²) in [4.78, 5) is 40.8. The molecule has 0 radical (unpaired) electrons. The van der Waals surface area contributed by atoms with Crippen molar-refractivity contribution in [1.82, 2.24) is 10.2 Å². The van der Waals surface area contributed by atoms with Crippen LogP contribution in [0.4, 0.5) is 5.69 Å². The predicted molar refractivity (Wildman–Crippen MR) is 159 cm³/mol. The Labute approximate surface area is 246 Å². The number of carbonyl (C=O) groups excluding carboxylic acids is 3. The van der Waals surface area contributed by atoms with Gasteiger partial charge in [-0.3, -0.25) is 19.3 Å². The van der Waals surface area contributed by atoms with Crippen molar-refractivity contribution in [3.05, 3.63) is 40.2 Å². The van der Waals surface area contributed by atoms with Gasteiger partial charge in [0.1, 0.15) is 22.8 Å². The van der Waals surface area contributed by atoms with Crippen molar-refractivity contribution in [2.24, 2.45) is 17.6 Å². The molecule has 1 saturated carbocycles. The number of aromatic hydroxyl groups is 1. The first-order chi connectivity index (χ1) is 18.9. The van der Waals surface area contributed by atoms with E-state index in [4.69, 9.17) is 5.73 Å². The van der Waals surface area contributed by atoms with Gasteiger partial charge in [-0.2, -0.15) is 0 Å². The molecule has 2 fully saturated rings. The summed E-state index contributed by atoms with van der Waals surface area (Å²) in [7, 11) is 3.15. The number of nitrogens with zero attached hydrogens (tertiary/aromatic N) is 1. The Morgan fingerprint density at radius 1 is 1.07 bits per heavy atom. The molecule has 42 heavy (non-hydrogen) atoms. The molecule has 1 saturated heterocycles. The van der Waals surface area contributed by atoms with Crippen LogP contribution in [-0.2, 0) is 20.8 Å². The fraction of sp³-hybridized carbons (Fsp3) is 0.581. The van der Waals surface area contributed by atoms with Gasteiger partial charge in [0.15, 0.2) is 11.4 Å². The van der Waals surface area contributed by atoms with Crippen LogP contribution in [0.15, 0.2) is 29.0 Å². The molecule has 3 aliphatic carbocycles. The van der Waals surface area contributed by atoms with Gasteiger partial charge in [0, 0.05) is 28.6 Å². The minimum absolute atomic E-state index is 0. The van der Waals surface area contributed by atoms with E-state index in [0.717, 1.165) is 12.8 Å². The van der Waals surface area contributed by atoms with Crippen LogP contribution in [0.3, 0.4) is 0 Å². The van der Waals surface area contributed by atoms with E-state index in [1.54, 1.807) is 26.2 Å². The number of primary amides is 1. The van der Waals surface area contributed by atoms with Gasteiger partial charge in [-0.1, -0.05) is 13.5 Å². The number of piperidine rings is 1. The summed E-state index contributed by atoms with van der Waals surface area (Å²) in [5.74, 6) is -6.54. The second-order valence-electron chi connectivity index (χ2n) is 13.6. The first-order valence-electron chi connectivity index (χ1n) is 13.9. The molecule has 11 heteroatoms. The maximum absolute atomic E-state index is 14.0. The van der Waals surface area contributed by atoms with Crippen molar-refractivity contribution in [1.29, 1.82) is 0 Å². The Morgan fingerprint density at radius 3 is 2.21 bits per heavy atom. The lowest BCUT2D eigenvalue weighted by Gasteiger charge is -2.50. The Kier molecular flexibility index (Phi) is 7.58. The van der Waals surface area contributed by atoms with Crippen LogP contribution in [0.2, 0.25) is 0 Å². The van der Waals surface area contributed by atoms with Crippen LogP contribution in [0.1, 0.15) is 65.5 Å². The number of fused-ring (bicyclic) bond motifs is 3. The molecule has 8 N–H and O–H groups in total. The summed E-state index contributed by atoms with van der Waals surface area (Å²) in [5.41, 5.74) is 2.56. The molecule has 1 aromatic rings. The molecule has 4 aliphatic rings. The van der Waals surface area contributed by atoms with Crippen LogP contribution in [-0.4, -0.2) is 85.7 Å². The van der Waals surface area contributed by atoms with Gasteiger partial charge in [0.2, 0.25) is 5.78 Å². The molecular formula is C31H44N4O7. The Morgan fingerprint density at radius 2 is 1.67 bits per heavy atom. The average Bonchev–Trinajstić information content (AvgIpc) is 2.80. The normalized spacial score (nSPS) is 30.3. The number of Topliss-reactive ketones (excluding diaryl/α,β-unsaturated/α-hetero) is 2. The van der Waals surface area contributed by atoms with Crippen molar-refractivity contribution >= 4 is 28.9 Å². The maximum atomic E-state index is 14.0. The van der Waals surface area contributed by atoms with Gasteiger partial charge in [0.25, 0.3) is 5.91 Å². The SMILES string of the molecule is C.CN(C)[C@@H]1C(=O)C(C(N)=O)=C(O)[C@@]2(O)C(=O)C3=C(O)c4c(ccc(NC5CC(C)(C)NC(C)(C)C5)c4O)C[C@H]3C[C@@H]12. The quantitative estimate of drug-likeness (QED) is 0.205. The number of hydrogen-bond donors (Lipinski definition) is 7. The van der Waals surface area contributed by atoms with E-state index in [0.29, 0.717) is 11.3 Å².